The third-order valence-electron chi connectivity index (χ3n) is 2.30. The van der Waals surface area contributed by atoms with Crippen LogP contribution in [0, 0.1) is 0 Å². The number of hydrogen-bond acceptors (Lipinski definition) is 1. The Balaban J connectivity index is 2.32. The number of nitrogens with one attached hydrogen (secondary N) is 1. The molecule has 62 valence electrons. The summed E-state index contributed by atoms with van der Waals surface area (Å²) in [5.74, 6) is 0. The molecule has 1 aliphatic rings. The van der Waals surface area contributed by atoms with Gasteiger partial charge in [-0.3, -0.25) is 0 Å². The molecule has 0 aliphatic heterocycles. The van der Waals surface area contributed by atoms with E-state index in [9.17, 15) is 0 Å². The standard InChI is InChI=1S/C11H13N/c1-12-8-10-7-6-9-4-2-3-5-11(9)10/h2-5,7,12H,6,8H2,1H3. The van der Waals surface area contributed by atoms with Gasteiger partial charge in [-0.05, 0) is 30.2 Å². The van der Waals surface area contributed by atoms with E-state index in [1.165, 1.54) is 16.7 Å². The zero-order chi connectivity index (χ0) is 8.39. The second-order valence-electron chi connectivity index (χ2n) is 3.12. The average molecular weight is 159 g/mol. The minimum atomic E-state index is 0.983. The molecule has 0 heterocycles. The van der Waals surface area contributed by atoms with E-state index in [0.717, 1.165) is 13.0 Å². The van der Waals surface area contributed by atoms with E-state index in [0.29, 0.717) is 0 Å². The molecular weight excluding hydrogens is 146 g/mol. The van der Waals surface area contributed by atoms with Gasteiger partial charge in [0.2, 0.25) is 0 Å². The van der Waals surface area contributed by atoms with Gasteiger partial charge in [-0.1, -0.05) is 30.3 Å². The monoisotopic (exact) mass is 159 g/mol. The number of fused-ring (bicyclic) bond motifs is 1. The van der Waals surface area contributed by atoms with Crippen molar-refractivity contribution in [2.24, 2.45) is 0 Å². The molecule has 1 heteroatoms. The molecule has 1 N–H and O–H groups in total. The lowest BCUT2D eigenvalue weighted by molar-refractivity contribution is 0.932. The number of rotatable bonds is 2. The van der Waals surface area contributed by atoms with Crippen molar-refractivity contribution in [3.8, 4) is 0 Å². The van der Waals surface area contributed by atoms with Crippen LogP contribution in [0.15, 0.2) is 30.3 Å². The molecule has 1 nitrogen and oxygen atoms in total. The number of likely N-dealkylation sites (N-methyl/N-ethyl adjacent to an activating group) is 1. The van der Waals surface area contributed by atoms with E-state index in [-0.39, 0.29) is 0 Å². The lowest BCUT2D eigenvalue weighted by Gasteiger charge is -2.03. The minimum Gasteiger partial charge on any atom is -0.316 e. The van der Waals surface area contributed by atoms with Crippen molar-refractivity contribution in [1.82, 2.24) is 5.32 Å². The van der Waals surface area contributed by atoms with Gasteiger partial charge in [0.25, 0.3) is 0 Å². The van der Waals surface area contributed by atoms with Crippen LogP contribution >= 0.6 is 0 Å². The van der Waals surface area contributed by atoms with Crippen molar-refractivity contribution in [3.63, 3.8) is 0 Å². The Kier molecular flexibility index (Phi) is 1.96. The van der Waals surface area contributed by atoms with Crippen molar-refractivity contribution < 1.29 is 0 Å². The summed E-state index contributed by atoms with van der Waals surface area (Å²) in [6.45, 7) is 0.983. The molecule has 0 aromatic heterocycles. The van der Waals surface area contributed by atoms with E-state index in [2.05, 4.69) is 35.7 Å². The summed E-state index contributed by atoms with van der Waals surface area (Å²) in [4.78, 5) is 0. The molecule has 1 aliphatic carbocycles. The second kappa shape index (κ2) is 3.11. The maximum atomic E-state index is 3.18. The minimum absolute atomic E-state index is 0.983. The van der Waals surface area contributed by atoms with Crippen molar-refractivity contribution >= 4 is 5.57 Å². The molecule has 0 saturated heterocycles. The Morgan fingerprint density at radius 1 is 1.33 bits per heavy atom. The fraction of sp³-hybridized carbons (Fsp3) is 0.273. The summed E-state index contributed by atoms with van der Waals surface area (Å²) in [6.07, 6.45) is 3.41. The van der Waals surface area contributed by atoms with E-state index < -0.39 is 0 Å². The molecule has 0 radical (unpaired) electrons. The number of hydrogen-bond donors (Lipinski definition) is 1. The first-order valence-corrected chi connectivity index (χ1v) is 4.33. The van der Waals surface area contributed by atoms with Crippen LogP contribution in [0.5, 0.6) is 0 Å². The van der Waals surface area contributed by atoms with E-state index in [4.69, 9.17) is 0 Å². The van der Waals surface area contributed by atoms with Crippen LogP contribution in [0.2, 0.25) is 0 Å². The second-order valence-corrected chi connectivity index (χ2v) is 3.12. The maximum Gasteiger partial charge on any atom is 0.0205 e. The Bertz CT molecular complexity index is 313. The highest BCUT2D eigenvalue weighted by molar-refractivity contribution is 5.73. The Labute approximate surface area is 73.1 Å². The van der Waals surface area contributed by atoms with Gasteiger partial charge in [0, 0.05) is 6.54 Å². The zero-order valence-electron chi connectivity index (χ0n) is 7.30. The molecular formula is C11H13N. The first-order valence-electron chi connectivity index (χ1n) is 4.33. The molecule has 0 amide bonds. The molecule has 0 bridgehead atoms. The summed E-state index contributed by atoms with van der Waals surface area (Å²) >= 11 is 0. The van der Waals surface area contributed by atoms with Gasteiger partial charge in [0.05, 0.1) is 0 Å². The molecule has 0 unspecified atom stereocenters. The van der Waals surface area contributed by atoms with E-state index in [1.54, 1.807) is 0 Å². The van der Waals surface area contributed by atoms with Gasteiger partial charge >= 0.3 is 0 Å². The smallest absolute Gasteiger partial charge is 0.0205 e. The largest absolute Gasteiger partial charge is 0.316 e. The molecule has 0 saturated carbocycles. The molecule has 0 fully saturated rings. The Hall–Kier alpha value is -1.08. The van der Waals surface area contributed by atoms with Crippen LogP contribution in [0.4, 0.5) is 0 Å². The topological polar surface area (TPSA) is 12.0 Å². The SMILES string of the molecule is CNCC1=CCc2ccccc21. The van der Waals surface area contributed by atoms with Gasteiger partial charge < -0.3 is 5.32 Å². The highest BCUT2D eigenvalue weighted by Gasteiger charge is 2.11. The van der Waals surface area contributed by atoms with Gasteiger partial charge in [0.1, 0.15) is 0 Å². The predicted octanol–water partition coefficient (Wildman–Crippen LogP) is 1.85. The van der Waals surface area contributed by atoms with Crippen LogP contribution in [0.1, 0.15) is 11.1 Å². The summed E-state index contributed by atoms with van der Waals surface area (Å²) in [6, 6.07) is 8.61. The van der Waals surface area contributed by atoms with Crippen LogP contribution < -0.4 is 5.32 Å². The Morgan fingerprint density at radius 3 is 3.00 bits per heavy atom. The molecule has 1 aromatic rings. The predicted molar refractivity (Wildman–Crippen MR) is 52.0 cm³/mol. The Morgan fingerprint density at radius 2 is 2.17 bits per heavy atom. The lowest BCUT2D eigenvalue weighted by atomic mass is 10.1. The molecule has 2 rings (SSSR count). The number of benzene rings is 1. The summed E-state index contributed by atoms with van der Waals surface area (Å²) in [5.41, 5.74) is 4.32. The van der Waals surface area contributed by atoms with Gasteiger partial charge in [-0.2, -0.15) is 0 Å². The highest BCUT2D eigenvalue weighted by atomic mass is 14.8. The molecule has 0 atom stereocenters. The summed E-state index contributed by atoms with van der Waals surface area (Å²) in [7, 11) is 1.99. The third kappa shape index (κ3) is 1.16. The van der Waals surface area contributed by atoms with Gasteiger partial charge in [-0.25, -0.2) is 0 Å². The lowest BCUT2D eigenvalue weighted by Crippen LogP contribution is -2.08. The van der Waals surface area contributed by atoms with Crippen LogP contribution in [0.25, 0.3) is 5.57 Å². The van der Waals surface area contributed by atoms with Gasteiger partial charge in [-0.15, -0.1) is 0 Å². The third-order valence-corrected chi connectivity index (χ3v) is 2.30. The van der Waals surface area contributed by atoms with E-state index >= 15 is 0 Å². The number of allylic oxidation sites excluding steroid dienone is 1. The summed E-state index contributed by atoms with van der Waals surface area (Å²) < 4.78 is 0. The van der Waals surface area contributed by atoms with Crippen LogP contribution in [0.3, 0.4) is 0 Å². The van der Waals surface area contributed by atoms with Crippen LogP contribution in [-0.4, -0.2) is 13.6 Å². The highest BCUT2D eigenvalue weighted by Crippen LogP contribution is 2.25. The first-order chi connectivity index (χ1) is 5.92. The molecule has 12 heavy (non-hydrogen) atoms. The fourth-order valence-corrected chi connectivity index (χ4v) is 1.71. The molecule has 1 aromatic carbocycles. The quantitative estimate of drug-likeness (QED) is 0.694. The fourth-order valence-electron chi connectivity index (χ4n) is 1.71. The van der Waals surface area contributed by atoms with Crippen molar-refractivity contribution in [2.45, 2.75) is 6.42 Å². The average Bonchev–Trinajstić information content (AvgIpc) is 2.50. The van der Waals surface area contributed by atoms with E-state index in [1.807, 2.05) is 7.05 Å². The van der Waals surface area contributed by atoms with Crippen molar-refractivity contribution in [2.75, 3.05) is 13.6 Å². The maximum absolute atomic E-state index is 3.18. The van der Waals surface area contributed by atoms with Gasteiger partial charge in [0.15, 0.2) is 0 Å². The normalized spacial score (nSPS) is 14.2. The van der Waals surface area contributed by atoms with Crippen LogP contribution in [-0.2, 0) is 6.42 Å². The first kappa shape index (κ1) is 7.56. The van der Waals surface area contributed by atoms with Crippen molar-refractivity contribution in [1.29, 1.82) is 0 Å². The summed E-state index contributed by atoms with van der Waals surface area (Å²) in [5, 5.41) is 3.18. The molecule has 0 spiro atoms. The zero-order valence-corrected chi connectivity index (χ0v) is 7.30. The van der Waals surface area contributed by atoms with Crippen molar-refractivity contribution in [3.05, 3.63) is 41.5 Å².